The van der Waals surface area contributed by atoms with E-state index in [-0.39, 0.29) is 18.9 Å². The van der Waals surface area contributed by atoms with Gasteiger partial charge in [0.15, 0.2) is 0 Å². The molecule has 0 aliphatic carbocycles. The molecule has 0 N–H and O–H groups in total. The Morgan fingerprint density at radius 2 is 0.929 bits per heavy atom. The van der Waals surface area contributed by atoms with Gasteiger partial charge < -0.3 is 0 Å². The van der Waals surface area contributed by atoms with E-state index in [1.165, 1.54) is 10.9 Å². The normalized spacial score (nSPS) is 9.14. The van der Waals surface area contributed by atoms with Crippen molar-refractivity contribution in [2.24, 2.45) is 0 Å². The summed E-state index contributed by atoms with van der Waals surface area (Å²) in [5, 5.41) is 0. The topological polar surface area (TPSA) is 0 Å². The number of hydrogen-bond acceptors (Lipinski definition) is 0. The van der Waals surface area contributed by atoms with E-state index in [4.69, 9.17) is 0 Å². The van der Waals surface area contributed by atoms with E-state index in [1.807, 2.05) is 12.1 Å². The van der Waals surface area contributed by atoms with Crippen molar-refractivity contribution in [1.82, 2.24) is 0 Å². The quantitative estimate of drug-likeness (QED) is 0.476. The molecule has 0 aliphatic heterocycles. The molecule has 2 radical (unpaired) electrons. The molecule has 0 unspecified atom stereocenters. The van der Waals surface area contributed by atoms with Crippen molar-refractivity contribution in [3.05, 3.63) is 60.7 Å². The summed E-state index contributed by atoms with van der Waals surface area (Å²) in [6.07, 6.45) is 0. The largest absolute Gasteiger partial charge is 1.00 e. The minimum atomic E-state index is 0. The van der Waals surface area contributed by atoms with Crippen LogP contribution in [0.15, 0.2) is 60.7 Å². The van der Waals surface area contributed by atoms with Gasteiger partial charge in [-0.1, -0.05) is 36.4 Å². The van der Waals surface area contributed by atoms with Crippen LogP contribution in [0.25, 0.3) is 0 Å². The molecule has 14 heavy (non-hydrogen) atoms. The Labute approximate surface area is 97.8 Å². The molecule has 62 valence electrons. The van der Waals surface area contributed by atoms with Crippen LogP contribution < -0.4 is 29.8 Å². The van der Waals surface area contributed by atoms with Crippen molar-refractivity contribution in [2.45, 2.75) is 0 Å². The maximum absolute atomic E-state index is 2.17. The maximum Gasteiger partial charge on any atom is 1.00 e. The van der Waals surface area contributed by atoms with Gasteiger partial charge in [0.25, 0.3) is 0 Å². The second-order valence-corrected chi connectivity index (χ2v) is 2.97. The minimum Gasteiger partial charge on any atom is -0.275 e. The predicted octanol–water partition coefficient (Wildman–Crippen LogP) is -1.65. The standard InChI is InChI=1S/C12H10B.Li/c1-3-7-11(8-4-1)13-12-9-5-2-6-10-12;/h1-10H;/q-1;+1. The molecule has 0 bridgehead atoms. The monoisotopic (exact) mass is 172 g/mol. The Balaban J connectivity index is 0.000000980. The van der Waals surface area contributed by atoms with Gasteiger partial charge in [0, 0.05) is 0 Å². The molecule has 2 aromatic carbocycles. The Morgan fingerprint density at radius 1 is 0.571 bits per heavy atom. The first-order valence-corrected chi connectivity index (χ1v) is 4.40. The Hall–Kier alpha value is -0.898. The van der Waals surface area contributed by atoms with Crippen molar-refractivity contribution in [3.63, 3.8) is 0 Å². The predicted molar refractivity (Wildman–Crippen MR) is 57.9 cm³/mol. The van der Waals surface area contributed by atoms with Crippen LogP contribution in [0.3, 0.4) is 0 Å². The van der Waals surface area contributed by atoms with Crippen LogP contribution >= 0.6 is 0 Å². The average Bonchev–Trinajstić information content (AvgIpc) is 2.21. The molecule has 0 atom stereocenters. The van der Waals surface area contributed by atoms with E-state index in [0.717, 1.165) is 0 Å². The third-order valence-electron chi connectivity index (χ3n) is 1.93. The second kappa shape index (κ2) is 5.75. The number of rotatable bonds is 2. The van der Waals surface area contributed by atoms with Gasteiger partial charge in [-0.05, 0) is 0 Å². The summed E-state index contributed by atoms with van der Waals surface area (Å²) < 4.78 is 0. The van der Waals surface area contributed by atoms with Gasteiger partial charge in [-0.3, -0.25) is 18.2 Å². The van der Waals surface area contributed by atoms with Crippen LogP contribution in [0.1, 0.15) is 0 Å². The van der Waals surface area contributed by atoms with Gasteiger partial charge in [-0.25, -0.2) is 0 Å². The molecule has 0 fully saturated rings. The van der Waals surface area contributed by atoms with Crippen molar-refractivity contribution >= 4 is 18.2 Å². The summed E-state index contributed by atoms with van der Waals surface area (Å²) in [4.78, 5) is 0. The SMILES string of the molecule is [B-](c1ccccc1)c1ccccc1.[Li+]. The van der Waals surface area contributed by atoms with Crippen LogP contribution in [0.2, 0.25) is 0 Å². The first-order chi connectivity index (χ1) is 6.45. The molecule has 2 heteroatoms. The number of hydrogen-bond donors (Lipinski definition) is 0. The van der Waals surface area contributed by atoms with Gasteiger partial charge in [0.05, 0.1) is 0 Å². The fraction of sp³-hybridized carbons (Fsp3) is 0. The first-order valence-electron chi connectivity index (χ1n) is 4.40. The summed E-state index contributed by atoms with van der Waals surface area (Å²) in [6, 6.07) is 20.7. The van der Waals surface area contributed by atoms with Gasteiger partial charge in [0.2, 0.25) is 0 Å². The molecule has 0 nitrogen and oxygen atoms in total. The van der Waals surface area contributed by atoms with E-state index in [0.29, 0.717) is 0 Å². The van der Waals surface area contributed by atoms with E-state index >= 15 is 0 Å². The van der Waals surface area contributed by atoms with E-state index < -0.39 is 0 Å². The van der Waals surface area contributed by atoms with E-state index in [9.17, 15) is 0 Å². The summed E-state index contributed by atoms with van der Waals surface area (Å²) in [7, 11) is 2.17. The third kappa shape index (κ3) is 3.11. The molecule has 2 aromatic rings. The molecule has 0 saturated heterocycles. The smallest absolute Gasteiger partial charge is 0.275 e. The van der Waals surface area contributed by atoms with Crippen LogP contribution in [-0.2, 0) is 0 Å². The van der Waals surface area contributed by atoms with Crippen molar-refractivity contribution in [3.8, 4) is 0 Å². The summed E-state index contributed by atoms with van der Waals surface area (Å²) >= 11 is 0. The zero-order chi connectivity index (χ0) is 8.93. The summed E-state index contributed by atoms with van der Waals surface area (Å²) in [5.74, 6) is 0. The van der Waals surface area contributed by atoms with E-state index in [2.05, 4.69) is 55.8 Å². The van der Waals surface area contributed by atoms with Crippen LogP contribution in [0.4, 0.5) is 0 Å². The molecular formula is C12H10BLi. The zero-order valence-electron chi connectivity index (χ0n) is 8.35. The number of benzene rings is 2. The van der Waals surface area contributed by atoms with Crippen molar-refractivity contribution < 1.29 is 18.9 Å². The molecule has 0 heterocycles. The van der Waals surface area contributed by atoms with Crippen LogP contribution in [-0.4, -0.2) is 7.28 Å². The molecule has 0 saturated carbocycles. The molecule has 0 amide bonds. The average molecular weight is 172 g/mol. The first kappa shape index (κ1) is 11.2. The van der Waals surface area contributed by atoms with Crippen molar-refractivity contribution in [2.75, 3.05) is 0 Å². The molecule has 0 aromatic heterocycles. The van der Waals surface area contributed by atoms with Gasteiger partial charge in [0.1, 0.15) is 0 Å². The molecule has 2 rings (SSSR count). The van der Waals surface area contributed by atoms with Crippen LogP contribution in [0.5, 0.6) is 0 Å². The van der Waals surface area contributed by atoms with Gasteiger partial charge in [-0.15, -0.1) is 24.3 Å². The second-order valence-electron chi connectivity index (χ2n) is 2.97. The fourth-order valence-electron chi connectivity index (χ4n) is 1.29. The minimum absolute atomic E-state index is 0. The van der Waals surface area contributed by atoms with Crippen LogP contribution in [0, 0.1) is 0 Å². The molecule has 0 aliphatic rings. The molecule has 0 spiro atoms. The third-order valence-corrected chi connectivity index (χ3v) is 1.93. The fourth-order valence-corrected chi connectivity index (χ4v) is 1.29. The zero-order valence-corrected chi connectivity index (χ0v) is 8.35. The van der Waals surface area contributed by atoms with Gasteiger partial charge >= 0.3 is 18.9 Å². The summed E-state index contributed by atoms with van der Waals surface area (Å²) in [5.41, 5.74) is 2.49. The Kier molecular flexibility index (Phi) is 4.59. The molecular weight excluding hydrogens is 162 g/mol. The summed E-state index contributed by atoms with van der Waals surface area (Å²) in [6.45, 7) is 0. The Bertz CT molecular complexity index is 321. The van der Waals surface area contributed by atoms with Crippen molar-refractivity contribution in [1.29, 1.82) is 0 Å². The Morgan fingerprint density at radius 3 is 1.29 bits per heavy atom. The maximum atomic E-state index is 2.17. The van der Waals surface area contributed by atoms with E-state index in [1.54, 1.807) is 0 Å². The van der Waals surface area contributed by atoms with Gasteiger partial charge in [-0.2, -0.15) is 0 Å².